The first kappa shape index (κ1) is 24.0. The molecule has 1 fully saturated rings. The van der Waals surface area contributed by atoms with E-state index in [0.29, 0.717) is 17.5 Å². The van der Waals surface area contributed by atoms with Gasteiger partial charge in [0.1, 0.15) is 5.82 Å². The summed E-state index contributed by atoms with van der Waals surface area (Å²) in [5.41, 5.74) is 2.07. The van der Waals surface area contributed by atoms with Crippen LogP contribution in [-0.2, 0) is 11.2 Å². The molecule has 1 aliphatic rings. The van der Waals surface area contributed by atoms with E-state index >= 15 is 0 Å². The lowest BCUT2D eigenvalue weighted by atomic mass is 9.88. The third-order valence-corrected chi connectivity index (χ3v) is 8.31. The smallest absolute Gasteiger partial charge is 0.236 e. The molecule has 0 spiro atoms. The first-order chi connectivity index (χ1) is 17.2. The summed E-state index contributed by atoms with van der Waals surface area (Å²) >= 11 is 9.14. The lowest BCUT2D eigenvalue weighted by molar-refractivity contribution is -0.113. The van der Waals surface area contributed by atoms with Gasteiger partial charge in [0.2, 0.25) is 5.91 Å². The number of thiazole rings is 1. The molecule has 2 heterocycles. The minimum Gasteiger partial charge on any atom is -0.301 e. The summed E-state index contributed by atoms with van der Waals surface area (Å²) < 4.78 is 2.12. The molecule has 0 saturated heterocycles. The fourth-order valence-corrected chi connectivity index (χ4v) is 6.19. The third kappa shape index (κ3) is 5.94. The minimum absolute atomic E-state index is 0.115. The molecule has 1 saturated carbocycles. The van der Waals surface area contributed by atoms with Crippen LogP contribution in [0.25, 0.3) is 5.69 Å². The van der Waals surface area contributed by atoms with Crippen LogP contribution in [0.1, 0.15) is 54.3 Å². The van der Waals surface area contributed by atoms with Crippen molar-refractivity contribution in [2.24, 2.45) is 0 Å². The normalized spacial score (nSPS) is 14.2. The van der Waals surface area contributed by atoms with Crippen LogP contribution in [0.15, 0.2) is 66.0 Å². The average molecular weight is 524 g/mol. The molecule has 0 bridgehead atoms. The molecule has 0 radical (unpaired) electrons. The van der Waals surface area contributed by atoms with Crippen molar-refractivity contribution in [3.63, 3.8) is 0 Å². The quantitative estimate of drug-likeness (QED) is 0.259. The number of carbonyl (C=O) groups excluding carboxylic acids is 1. The van der Waals surface area contributed by atoms with E-state index in [-0.39, 0.29) is 11.7 Å². The van der Waals surface area contributed by atoms with E-state index < -0.39 is 0 Å². The number of thioether (sulfide) groups is 1. The van der Waals surface area contributed by atoms with E-state index in [1.54, 1.807) is 6.20 Å². The maximum Gasteiger partial charge on any atom is 0.236 e. The molecule has 5 rings (SSSR count). The monoisotopic (exact) mass is 523 g/mol. The topological polar surface area (TPSA) is 72.7 Å². The third-order valence-electron chi connectivity index (χ3n) is 6.10. The van der Waals surface area contributed by atoms with Crippen LogP contribution in [0.4, 0.5) is 5.13 Å². The van der Waals surface area contributed by atoms with Gasteiger partial charge >= 0.3 is 0 Å². The second kappa shape index (κ2) is 11.4. The number of carbonyl (C=O) groups is 1. The summed E-state index contributed by atoms with van der Waals surface area (Å²) in [5, 5.41) is 14.0. The highest BCUT2D eigenvalue weighted by molar-refractivity contribution is 7.99. The molecule has 1 amide bonds. The first-order valence-electron chi connectivity index (χ1n) is 11.8. The van der Waals surface area contributed by atoms with Crippen LogP contribution in [-0.4, -0.2) is 31.4 Å². The van der Waals surface area contributed by atoms with Crippen molar-refractivity contribution < 1.29 is 4.79 Å². The molecule has 1 aliphatic carbocycles. The van der Waals surface area contributed by atoms with Gasteiger partial charge < -0.3 is 5.32 Å². The summed E-state index contributed by atoms with van der Waals surface area (Å²) in [5.74, 6) is 1.53. The highest BCUT2D eigenvalue weighted by atomic mass is 35.5. The van der Waals surface area contributed by atoms with Gasteiger partial charge in [-0.2, -0.15) is 0 Å². The highest BCUT2D eigenvalue weighted by Crippen LogP contribution is 2.35. The second-order valence-electron chi connectivity index (χ2n) is 8.58. The van der Waals surface area contributed by atoms with Gasteiger partial charge in [-0.25, -0.2) is 4.98 Å². The summed E-state index contributed by atoms with van der Waals surface area (Å²) in [6.45, 7) is 0. The van der Waals surface area contributed by atoms with Crippen molar-refractivity contribution >= 4 is 45.7 Å². The number of hydrogen-bond donors (Lipinski definition) is 1. The molecule has 9 heteroatoms. The van der Waals surface area contributed by atoms with Crippen molar-refractivity contribution in [3.8, 4) is 5.69 Å². The molecule has 4 aromatic rings. The fourth-order valence-electron chi connectivity index (χ4n) is 4.38. The van der Waals surface area contributed by atoms with Gasteiger partial charge in [0.05, 0.1) is 5.75 Å². The summed E-state index contributed by atoms with van der Waals surface area (Å²) in [4.78, 5) is 18.1. The molecule has 0 unspecified atom stereocenters. The van der Waals surface area contributed by atoms with Crippen LogP contribution in [0.2, 0.25) is 5.02 Å². The Balaban J connectivity index is 1.25. The Bertz CT molecular complexity index is 1280. The molecule has 2 aromatic heterocycles. The van der Waals surface area contributed by atoms with E-state index in [4.69, 9.17) is 11.6 Å². The van der Waals surface area contributed by atoms with Gasteiger partial charge in [0.25, 0.3) is 0 Å². The van der Waals surface area contributed by atoms with Crippen molar-refractivity contribution in [2.45, 2.75) is 49.6 Å². The average Bonchev–Trinajstić information content (AvgIpc) is 3.52. The van der Waals surface area contributed by atoms with E-state index in [1.165, 1.54) is 42.4 Å². The number of rotatable bonds is 8. The van der Waals surface area contributed by atoms with Crippen LogP contribution >= 0.6 is 34.7 Å². The zero-order valence-corrected chi connectivity index (χ0v) is 21.6. The number of anilines is 1. The Labute approximate surface area is 218 Å². The number of nitrogens with zero attached hydrogens (tertiary/aromatic N) is 4. The molecule has 6 nitrogen and oxygen atoms in total. The largest absolute Gasteiger partial charge is 0.301 e. The first-order valence-corrected chi connectivity index (χ1v) is 14.0. The van der Waals surface area contributed by atoms with Gasteiger partial charge in [-0.15, -0.1) is 21.5 Å². The fraction of sp³-hybridized carbons (Fsp3) is 0.308. The van der Waals surface area contributed by atoms with Crippen LogP contribution < -0.4 is 5.32 Å². The predicted molar refractivity (Wildman–Crippen MR) is 143 cm³/mol. The van der Waals surface area contributed by atoms with E-state index in [2.05, 4.69) is 37.2 Å². The maximum atomic E-state index is 12.7. The molecule has 35 heavy (non-hydrogen) atoms. The zero-order valence-electron chi connectivity index (χ0n) is 19.2. The van der Waals surface area contributed by atoms with Gasteiger partial charge in [0, 0.05) is 34.1 Å². The Kier molecular flexibility index (Phi) is 7.81. The lowest BCUT2D eigenvalue weighted by Gasteiger charge is -2.22. The van der Waals surface area contributed by atoms with Crippen LogP contribution in [0.5, 0.6) is 0 Å². The molecule has 180 valence electrons. The predicted octanol–water partition coefficient (Wildman–Crippen LogP) is 6.75. The SMILES string of the molecule is O=C(CSc1nnc(C2CCCCC2)n1-c1ccccc1)Nc1ncc(Cc2ccccc2Cl)s1. The number of para-hydroxylation sites is 1. The molecular formula is C26H26ClN5OS2. The number of halogens is 1. The number of aromatic nitrogens is 4. The number of hydrogen-bond acceptors (Lipinski definition) is 6. The zero-order chi connectivity index (χ0) is 24.0. The Morgan fingerprint density at radius 2 is 1.83 bits per heavy atom. The highest BCUT2D eigenvalue weighted by Gasteiger charge is 2.24. The second-order valence-corrected chi connectivity index (χ2v) is 11.0. The minimum atomic E-state index is -0.115. The van der Waals surface area contributed by atoms with E-state index in [0.717, 1.165) is 45.0 Å². The van der Waals surface area contributed by atoms with Crippen molar-refractivity contribution in [1.29, 1.82) is 0 Å². The number of amides is 1. The van der Waals surface area contributed by atoms with Crippen molar-refractivity contribution in [3.05, 3.63) is 82.1 Å². The van der Waals surface area contributed by atoms with Gasteiger partial charge in [-0.1, -0.05) is 79.0 Å². The molecule has 0 atom stereocenters. The van der Waals surface area contributed by atoms with Gasteiger partial charge in [-0.3, -0.25) is 9.36 Å². The maximum absolute atomic E-state index is 12.7. The van der Waals surface area contributed by atoms with Crippen molar-refractivity contribution in [2.75, 3.05) is 11.1 Å². The summed E-state index contributed by atoms with van der Waals surface area (Å²) in [7, 11) is 0. The van der Waals surface area contributed by atoms with Gasteiger partial charge in [0.15, 0.2) is 10.3 Å². The van der Waals surface area contributed by atoms with Crippen molar-refractivity contribution in [1.82, 2.24) is 19.7 Å². The summed E-state index contributed by atoms with van der Waals surface area (Å²) in [6.07, 6.45) is 8.49. The molecular weight excluding hydrogens is 498 g/mol. The Morgan fingerprint density at radius 3 is 2.63 bits per heavy atom. The Morgan fingerprint density at radius 1 is 1.06 bits per heavy atom. The molecule has 0 aliphatic heterocycles. The van der Waals surface area contributed by atoms with Gasteiger partial charge in [-0.05, 0) is 36.6 Å². The molecule has 1 N–H and O–H groups in total. The van der Waals surface area contributed by atoms with Crippen LogP contribution in [0.3, 0.4) is 0 Å². The lowest BCUT2D eigenvalue weighted by Crippen LogP contribution is -2.15. The standard InChI is InChI=1S/C26H26ClN5OS2/c27-22-14-8-7-11-19(22)15-21-16-28-25(35-21)29-23(33)17-34-26-31-30-24(18-9-3-1-4-10-18)32(26)20-12-5-2-6-13-20/h2,5-8,11-14,16,18H,1,3-4,9-10,15,17H2,(H,28,29,33). The number of nitrogens with one attached hydrogen (secondary N) is 1. The number of benzene rings is 2. The molecule has 2 aromatic carbocycles. The van der Waals surface area contributed by atoms with E-state index in [1.807, 2.05) is 42.5 Å². The van der Waals surface area contributed by atoms with Crippen LogP contribution in [0, 0.1) is 0 Å². The summed E-state index contributed by atoms with van der Waals surface area (Å²) in [6, 6.07) is 17.9. The Hall–Kier alpha value is -2.68. The van der Waals surface area contributed by atoms with E-state index in [9.17, 15) is 4.79 Å².